The highest BCUT2D eigenvalue weighted by molar-refractivity contribution is 6.30. The Morgan fingerprint density at radius 3 is 2.19 bits per heavy atom. The first-order valence-corrected chi connectivity index (χ1v) is 14.2. The van der Waals surface area contributed by atoms with Crippen LogP contribution in [0.1, 0.15) is 65.5 Å². The number of fused-ring (bicyclic) bond motifs is 2. The Labute approximate surface area is 250 Å². The molecule has 0 aromatic heterocycles. The fourth-order valence-corrected chi connectivity index (χ4v) is 7.06. The zero-order valence-corrected chi connectivity index (χ0v) is 25.5. The second-order valence-corrected chi connectivity index (χ2v) is 12.7. The van der Waals surface area contributed by atoms with Gasteiger partial charge in [-0.3, -0.25) is 14.4 Å². The van der Waals surface area contributed by atoms with Gasteiger partial charge in [-0.2, -0.15) is 0 Å². The van der Waals surface area contributed by atoms with E-state index in [2.05, 4.69) is 0 Å². The van der Waals surface area contributed by atoms with Gasteiger partial charge in [-0.05, 0) is 77.8 Å². The third kappa shape index (κ3) is 4.36. The van der Waals surface area contributed by atoms with Crippen molar-refractivity contribution in [1.82, 2.24) is 0 Å². The molecule has 224 valence electrons. The Kier molecular flexibility index (Phi) is 7.93. The SMILES string of the molecule is CCOC(=O)[C@H]1[C@@]2(C(=O)N(C(=O)OC(C)(C)C)c3ccccc32)[C@@H](c2ccc(Cl)cc2)[C@H](C=O)[C@](C)(O)[C@]1(C)C(C)=O. The number of aldehydes is 1. The van der Waals surface area contributed by atoms with Gasteiger partial charge in [0, 0.05) is 10.9 Å². The summed E-state index contributed by atoms with van der Waals surface area (Å²) in [6.07, 6.45) is -0.478. The van der Waals surface area contributed by atoms with Crippen LogP contribution in [0.5, 0.6) is 0 Å². The van der Waals surface area contributed by atoms with Gasteiger partial charge < -0.3 is 19.4 Å². The molecule has 6 atom stereocenters. The number of imide groups is 1. The summed E-state index contributed by atoms with van der Waals surface area (Å²) in [6.45, 7) is 10.4. The fourth-order valence-electron chi connectivity index (χ4n) is 6.94. The zero-order chi connectivity index (χ0) is 31.4. The molecule has 0 bridgehead atoms. The van der Waals surface area contributed by atoms with Gasteiger partial charge in [0.05, 0.1) is 40.6 Å². The minimum atomic E-state index is -2.14. The maximum atomic E-state index is 15.1. The van der Waals surface area contributed by atoms with Crippen molar-refractivity contribution >= 4 is 47.3 Å². The number of rotatable bonds is 5. The first kappa shape index (κ1) is 31.4. The predicted octanol–water partition coefficient (Wildman–Crippen LogP) is 5.00. The van der Waals surface area contributed by atoms with E-state index in [9.17, 15) is 24.3 Å². The van der Waals surface area contributed by atoms with E-state index in [0.717, 1.165) is 4.90 Å². The summed E-state index contributed by atoms with van der Waals surface area (Å²) in [5, 5.41) is 12.6. The van der Waals surface area contributed by atoms with E-state index in [1.54, 1.807) is 76.2 Å². The topological polar surface area (TPSA) is 127 Å². The molecule has 1 fully saturated rings. The Hall–Kier alpha value is -3.56. The van der Waals surface area contributed by atoms with Crippen molar-refractivity contribution in [3.8, 4) is 0 Å². The van der Waals surface area contributed by atoms with Crippen LogP contribution in [0.4, 0.5) is 10.5 Å². The maximum Gasteiger partial charge on any atom is 0.421 e. The standard InChI is InChI=1S/C32H36ClNO8/c1-8-41-26(37)25-30(6,18(2)36)31(7,40)22(17-35)24(19-13-15-20(33)16-14-19)32(25)21-11-9-10-12-23(21)34(27(32)38)28(39)42-29(3,4)5/h9-17,22,24-25,40H,8H2,1-7H3/t22-,24-,25+,30+,31-,32-/m0/s1. The molecule has 1 N–H and O–H groups in total. The van der Waals surface area contributed by atoms with Crippen molar-refractivity contribution in [2.75, 3.05) is 11.5 Å². The molecule has 2 aromatic rings. The van der Waals surface area contributed by atoms with Crippen LogP contribution in [0.15, 0.2) is 48.5 Å². The van der Waals surface area contributed by atoms with Gasteiger partial charge in [0.15, 0.2) is 0 Å². The lowest BCUT2D eigenvalue weighted by Gasteiger charge is -2.61. The van der Waals surface area contributed by atoms with E-state index < -0.39 is 63.5 Å². The highest BCUT2D eigenvalue weighted by Crippen LogP contribution is 2.68. The van der Waals surface area contributed by atoms with Crippen LogP contribution in [0.2, 0.25) is 5.02 Å². The number of amides is 2. The molecule has 10 heteroatoms. The molecule has 0 saturated heterocycles. The molecule has 1 saturated carbocycles. The van der Waals surface area contributed by atoms with Crippen molar-refractivity contribution < 1.29 is 38.6 Å². The summed E-state index contributed by atoms with van der Waals surface area (Å²) in [5.41, 5.74) is -6.42. The summed E-state index contributed by atoms with van der Waals surface area (Å²) in [7, 11) is 0. The summed E-state index contributed by atoms with van der Waals surface area (Å²) in [6, 6.07) is 12.7. The second kappa shape index (κ2) is 10.6. The highest BCUT2D eigenvalue weighted by atomic mass is 35.5. The van der Waals surface area contributed by atoms with Crippen molar-refractivity contribution in [2.24, 2.45) is 17.3 Å². The van der Waals surface area contributed by atoms with E-state index in [4.69, 9.17) is 21.1 Å². The molecule has 0 radical (unpaired) electrons. The summed E-state index contributed by atoms with van der Waals surface area (Å²) < 4.78 is 11.1. The monoisotopic (exact) mass is 597 g/mol. The highest BCUT2D eigenvalue weighted by Gasteiger charge is 2.78. The number of nitrogens with zero attached hydrogens (tertiary/aromatic N) is 1. The first-order valence-electron chi connectivity index (χ1n) is 13.8. The molecule has 42 heavy (non-hydrogen) atoms. The van der Waals surface area contributed by atoms with Gasteiger partial charge in [0.2, 0.25) is 5.91 Å². The lowest BCUT2D eigenvalue weighted by atomic mass is 9.40. The quantitative estimate of drug-likeness (QED) is 0.377. The van der Waals surface area contributed by atoms with Crippen molar-refractivity contribution in [1.29, 1.82) is 0 Å². The van der Waals surface area contributed by atoms with Crippen LogP contribution in [0, 0.1) is 17.3 Å². The number of ether oxygens (including phenoxy) is 2. The largest absolute Gasteiger partial charge is 0.466 e. The van der Waals surface area contributed by atoms with Crippen LogP contribution in [-0.2, 0) is 34.1 Å². The van der Waals surface area contributed by atoms with Gasteiger partial charge >= 0.3 is 12.1 Å². The van der Waals surface area contributed by atoms with Gasteiger partial charge in [-0.25, -0.2) is 9.69 Å². The summed E-state index contributed by atoms with van der Waals surface area (Å²) in [4.78, 5) is 70.5. The second-order valence-electron chi connectivity index (χ2n) is 12.3. The van der Waals surface area contributed by atoms with Crippen LogP contribution in [-0.4, -0.2) is 53.0 Å². The number of Topliss-reactive ketones (excluding diaryl/α,β-unsaturated/α-hetero) is 1. The van der Waals surface area contributed by atoms with E-state index in [1.165, 1.54) is 20.8 Å². The Morgan fingerprint density at radius 1 is 1.07 bits per heavy atom. The number of halogens is 1. The number of esters is 1. The van der Waals surface area contributed by atoms with Crippen molar-refractivity contribution in [2.45, 2.75) is 71.0 Å². The van der Waals surface area contributed by atoms with E-state index >= 15 is 4.79 Å². The van der Waals surface area contributed by atoms with Crippen LogP contribution >= 0.6 is 11.6 Å². The lowest BCUT2D eigenvalue weighted by Crippen LogP contribution is -2.73. The molecule has 4 rings (SSSR count). The molecule has 1 heterocycles. The molecule has 9 nitrogen and oxygen atoms in total. The Morgan fingerprint density at radius 2 is 1.67 bits per heavy atom. The number of hydrogen-bond donors (Lipinski definition) is 1. The number of ketones is 1. The summed E-state index contributed by atoms with van der Waals surface area (Å²) in [5.74, 6) is -6.71. The van der Waals surface area contributed by atoms with Crippen LogP contribution in [0.25, 0.3) is 0 Å². The fraction of sp³-hybridized carbons (Fsp3) is 0.469. The van der Waals surface area contributed by atoms with E-state index in [1.807, 2.05) is 0 Å². The molecule has 2 amide bonds. The first-order chi connectivity index (χ1) is 19.5. The number of benzene rings is 2. The van der Waals surface area contributed by atoms with Gasteiger partial charge in [-0.15, -0.1) is 0 Å². The van der Waals surface area contributed by atoms with E-state index in [0.29, 0.717) is 16.9 Å². The molecule has 2 aliphatic rings. The number of hydrogen-bond acceptors (Lipinski definition) is 8. The van der Waals surface area contributed by atoms with Gasteiger partial charge in [0.1, 0.15) is 17.7 Å². The lowest BCUT2D eigenvalue weighted by molar-refractivity contribution is -0.207. The normalized spacial score (nSPS) is 30.5. The number of carbonyl (C=O) groups is 5. The Balaban J connectivity index is 2.22. The molecule has 1 aliphatic heterocycles. The molecule has 1 aliphatic carbocycles. The number of aliphatic hydroxyl groups is 1. The maximum absolute atomic E-state index is 15.1. The van der Waals surface area contributed by atoms with Gasteiger partial charge in [0.25, 0.3) is 0 Å². The third-order valence-corrected chi connectivity index (χ3v) is 9.19. The number of anilines is 1. The molecular weight excluding hydrogens is 562 g/mol. The predicted molar refractivity (Wildman–Crippen MR) is 155 cm³/mol. The van der Waals surface area contributed by atoms with E-state index in [-0.39, 0.29) is 17.9 Å². The molecule has 2 aromatic carbocycles. The van der Waals surface area contributed by atoms with Crippen molar-refractivity contribution in [3.63, 3.8) is 0 Å². The minimum absolute atomic E-state index is 0.0874. The molecule has 0 unspecified atom stereocenters. The smallest absolute Gasteiger partial charge is 0.421 e. The molecular formula is C32H36ClNO8. The zero-order valence-electron chi connectivity index (χ0n) is 24.8. The number of carbonyl (C=O) groups excluding carboxylic acids is 5. The Bertz CT molecular complexity index is 1450. The van der Waals surface area contributed by atoms with Crippen LogP contribution in [0.3, 0.4) is 0 Å². The van der Waals surface area contributed by atoms with Crippen LogP contribution < -0.4 is 4.90 Å². The molecule has 1 spiro atoms. The third-order valence-electron chi connectivity index (χ3n) is 8.94. The summed E-state index contributed by atoms with van der Waals surface area (Å²) >= 11 is 6.20. The number of para-hydroxylation sites is 1. The van der Waals surface area contributed by atoms with Gasteiger partial charge in [-0.1, -0.05) is 41.9 Å². The average Bonchev–Trinajstić information content (AvgIpc) is 3.14. The van der Waals surface area contributed by atoms with Crippen molar-refractivity contribution in [3.05, 3.63) is 64.7 Å². The minimum Gasteiger partial charge on any atom is -0.466 e. The average molecular weight is 598 g/mol.